The predicted octanol–water partition coefficient (Wildman–Crippen LogP) is 4.04. The molecule has 0 bridgehead atoms. The van der Waals surface area contributed by atoms with Crippen LogP contribution in [0.1, 0.15) is 5.56 Å². The average Bonchev–Trinajstić information content (AvgIpc) is 2.49. The zero-order chi connectivity index (χ0) is 17.4. The number of halogens is 2. The highest BCUT2D eigenvalue weighted by atomic mass is 35.5. The molecule has 0 radical (unpaired) electrons. The fourth-order valence-electron chi connectivity index (χ4n) is 1.99. The first-order valence-electron chi connectivity index (χ1n) is 6.34. The molecule has 0 saturated heterocycles. The van der Waals surface area contributed by atoms with E-state index in [-0.39, 0.29) is 26.3 Å². The Labute approximate surface area is 143 Å². The van der Waals surface area contributed by atoms with Crippen LogP contribution in [0, 0.1) is 17.0 Å². The van der Waals surface area contributed by atoms with Crippen molar-refractivity contribution in [1.82, 2.24) is 0 Å². The van der Waals surface area contributed by atoms with Gasteiger partial charge in [0.1, 0.15) is 0 Å². The van der Waals surface area contributed by atoms with Gasteiger partial charge in [-0.3, -0.25) is 14.4 Å². The number of hydrogen-bond acceptors (Lipinski definition) is 4. The number of nitro benzene ring substituents is 1. The van der Waals surface area contributed by atoms with E-state index in [9.17, 15) is 18.5 Å². The molecule has 0 spiro atoms. The van der Waals surface area contributed by atoms with Crippen molar-refractivity contribution in [2.45, 2.75) is 11.8 Å². The largest absolute Gasteiger partial charge is 0.270 e. The minimum atomic E-state index is -4.03. The van der Waals surface area contributed by atoms with Crippen molar-refractivity contribution in [2.75, 3.05) is 11.4 Å². The molecule has 0 heterocycles. The zero-order valence-electron chi connectivity index (χ0n) is 12.2. The van der Waals surface area contributed by atoms with E-state index in [1.165, 1.54) is 31.3 Å². The molecule has 0 aliphatic heterocycles. The second kappa shape index (κ2) is 6.35. The number of nitrogens with zero attached hydrogens (tertiary/aromatic N) is 2. The molecule has 6 nitrogen and oxygen atoms in total. The third-order valence-electron chi connectivity index (χ3n) is 3.29. The van der Waals surface area contributed by atoms with Gasteiger partial charge >= 0.3 is 0 Å². The van der Waals surface area contributed by atoms with Crippen LogP contribution >= 0.6 is 23.2 Å². The van der Waals surface area contributed by atoms with Gasteiger partial charge in [0.25, 0.3) is 15.7 Å². The van der Waals surface area contributed by atoms with Crippen LogP contribution in [-0.2, 0) is 10.0 Å². The van der Waals surface area contributed by atoms with Gasteiger partial charge in [-0.15, -0.1) is 0 Å². The lowest BCUT2D eigenvalue weighted by molar-refractivity contribution is -0.385. The highest BCUT2D eigenvalue weighted by molar-refractivity contribution is 7.92. The van der Waals surface area contributed by atoms with Gasteiger partial charge in [-0.25, -0.2) is 8.42 Å². The van der Waals surface area contributed by atoms with E-state index in [0.29, 0.717) is 5.56 Å². The maximum Gasteiger partial charge on any atom is 0.270 e. The summed E-state index contributed by atoms with van der Waals surface area (Å²) >= 11 is 12.0. The number of sulfonamides is 1. The normalized spacial score (nSPS) is 11.3. The second-order valence-corrected chi connectivity index (χ2v) is 7.48. The maximum absolute atomic E-state index is 12.8. The molecule has 0 unspecified atom stereocenters. The molecule has 2 aromatic carbocycles. The first-order chi connectivity index (χ1) is 10.7. The van der Waals surface area contributed by atoms with E-state index >= 15 is 0 Å². The second-order valence-electron chi connectivity index (χ2n) is 4.75. The summed E-state index contributed by atoms with van der Waals surface area (Å²) < 4.78 is 26.5. The number of hydrogen-bond donors (Lipinski definition) is 0. The molecule has 0 N–H and O–H groups in total. The summed E-state index contributed by atoms with van der Waals surface area (Å²) in [5.74, 6) is 0. The Hall–Kier alpha value is -1.83. The molecular formula is C14H12Cl2N2O4S. The fourth-order valence-corrected chi connectivity index (χ4v) is 3.92. The van der Waals surface area contributed by atoms with E-state index in [1.54, 1.807) is 13.0 Å². The molecule has 122 valence electrons. The number of rotatable bonds is 4. The highest BCUT2D eigenvalue weighted by Gasteiger charge is 2.27. The Morgan fingerprint density at radius 1 is 1.17 bits per heavy atom. The van der Waals surface area contributed by atoms with E-state index in [1.807, 2.05) is 0 Å². The first kappa shape index (κ1) is 17.5. The van der Waals surface area contributed by atoms with Crippen LogP contribution in [0.2, 0.25) is 10.0 Å². The maximum atomic E-state index is 12.8. The lowest BCUT2D eigenvalue weighted by atomic mass is 10.2. The number of aryl methyl sites for hydroxylation is 1. The number of non-ortho nitro benzene ring substituents is 1. The van der Waals surface area contributed by atoms with E-state index in [4.69, 9.17) is 23.2 Å². The van der Waals surface area contributed by atoms with Crippen molar-refractivity contribution in [2.24, 2.45) is 0 Å². The number of benzene rings is 2. The fraction of sp³-hybridized carbons (Fsp3) is 0.143. The Bertz CT molecular complexity index is 884. The predicted molar refractivity (Wildman–Crippen MR) is 89.9 cm³/mol. The summed E-state index contributed by atoms with van der Waals surface area (Å²) in [5.41, 5.74) is 0.269. The third kappa shape index (κ3) is 3.26. The van der Waals surface area contributed by atoms with E-state index in [2.05, 4.69) is 0 Å². The SMILES string of the molecule is Cc1ccc([N+](=O)[O-])cc1S(=O)(=O)N(C)c1cccc(Cl)c1Cl. The van der Waals surface area contributed by atoms with Crippen molar-refractivity contribution in [1.29, 1.82) is 0 Å². The molecule has 0 saturated carbocycles. The number of nitro groups is 1. The van der Waals surface area contributed by atoms with Crippen LogP contribution in [0.3, 0.4) is 0 Å². The monoisotopic (exact) mass is 374 g/mol. The summed E-state index contributed by atoms with van der Waals surface area (Å²) in [5, 5.41) is 11.2. The molecule has 9 heteroatoms. The van der Waals surface area contributed by atoms with Crippen molar-refractivity contribution in [3.05, 3.63) is 62.1 Å². The van der Waals surface area contributed by atoms with Crippen LogP contribution < -0.4 is 4.31 Å². The first-order valence-corrected chi connectivity index (χ1v) is 8.54. The molecule has 0 amide bonds. The van der Waals surface area contributed by atoms with Crippen LogP contribution in [0.4, 0.5) is 11.4 Å². The molecule has 0 aliphatic rings. The van der Waals surface area contributed by atoms with Crippen LogP contribution in [0.5, 0.6) is 0 Å². The van der Waals surface area contributed by atoms with Crippen molar-refractivity contribution < 1.29 is 13.3 Å². The van der Waals surface area contributed by atoms with Crippen molar-refractivity contribution >= 4 is 44.6 Å². The molecule has 0 fully saturated rings. The van der Waals surface area contributed by atoms with Gasteiger partial charge in [0.2, 0.25) is 0 Å². The summed E-state index contributed by atoms with van der Waals surface area (Å²) in [6.45, 7) is 1.56. The van der Waals surface area contributed by atoms with Crippen molar-refractivity contribution in [3.63, 3.8) is 0 Å². The van der Waals surface area contributed by atoms with Crippen LogP contribution in [0.25, 0.3) is 0 Å². The summed E-state index contributed by atoms with van der Waals surface area (Å²) in [7, 11) is -2.72. The summed E-state index contributed by atoms with van der Waals surface area (Å²) in [6.07, 6.45) is 0. The van der Waals surface area contributed by atoms with Gasteiger partial charge in [0.15, 0.2) is 0 Å². The molecule has 0 atom stereocenters. The van der Waals surface area contributed by atoms with Gasteiger partial charge in [0.05, 0.1) is 25.6 Å². The zero-order valence-corrected chi connectivity index (χ0v) is 14.5. The average molecular weight is 375 g/mol. The smallest absolute Gasteiger partial charge is 0.268 e. The van der Waals surface area contributed by atoms with E-state index < -0.39 is 14.9 Å². The van der Waals surface area contributed by atoms with Gasteiger partial charge in [-0.1, -0.05) is 35.3 Å². The molecule has 0 aliphatic carbocycles. The molecule has 2 aromatic rings. The van der Waals surface area contributed by atoms with Crippen molar-refractivity contribution in [3.8, 4) is 0 Å². The number of anilines is 1. The Kier molecular flexibility index (Phi) is 4.84. The quantitative estimate of drug-likeness (QED) is 0.597. The molecule has 0 aromatic heterocycles. The summed E-state index contributed by atoms with van der Waals surface area (Å²) in [6, 6.07) is 8.26. The minimum Gasteiger partial charge on any atom is -0.268 e. The molecule has 23 heavy (non-hydrogen) atoms. The summed E-state index contributed by atoms with van der Waals surface area (Å²) in [4.78, 5) is 10.1. The van der Waals surface area contributed by atoms with Gasteiger partial charge in [-0.05, 0) is 24.6 Å². The van der Waals surface area contributed by atoms with E-state index in [0.717, 1.165) is 10.4 Å². The van der Waals surface area contributed by atoms with Crippen LogP contribution in [-0.4, -0.2) is 20.4 Å². The Balaban J connectivity index is 2.60. The van der Waals surface area contributed by atoms with Gasteiger partial charge in [0, 0.05) is 19.2 Å². The highest BCUT2D eigenvalue weighted by Crippen LogP contribution is 2.35. The lowest BCUT2D eigenvalue weighted by Gasteiger charge is -2.22. The van der Waals surface area contributed by atoms with Gasteiger partial charge in [-0.2, -0.15) is 0 Å². The topological polar surface area (TPSA) is 80.5 Å². The lowest BCUT2D eigenvalue weighted by Crippen LogP contribution is -2.27. The Morgan fingerprint density at radius 3 is 2.43 bits per heavy atom. The molecular weight excluding hydrogens is 363 g/mol. The third-order valence-corrected chi connectivity index (χ3v) is 6.01. The standard InChI is InChI=1S/C14H12Cl2N2O4S/c1-9-6-7-10(18(19)20)8-13(9)23(21,22)17(2)12-5-3-4-11(15)14(12)16/h3-8H,1-2H3. The van der Waals surface area contributed by atoms with Gasteiger partial charge < -0.3 is 0 Å². The van der Waals surface area contributed by atoms with Crippen LogP contribution in [0.15, 0.2) is 41.3 Å². The molecule has 2 rings (SSSR count). The minimum absolute atomic E-state index is 0.0864. The Morgan fingerprint density at radius 2 is 1.83 bits per heavy atom.